The molecule has 0 saturated carbocycles. The van der Waals surface area contributed by atoms with Crippen LogP contribution in [0.2, 0.25) is 0 Å². The molecule has 7 nitrogen and oxygen atoms in total. The minimum atomic E-state index is -0.153. The van der Waals surface area contributed by atoms with Crippen LogP contribution in [0.3, 0.4) is 0 Å². The summed E-state index contributed by atoms with van der Waals surface area (Å²) in [4.78, 5) is 18.9. The van der Waals surface area contributed by atoms with Crippen LogP contribution in [0, 0.1) is 0 Å². The number of carbonyl (C=O) groups excluding carboxylic acids is 1. The van der Waals surface area contributed by atoms with Crippen LogP contribution >= 0.6 is 11.8 Å². The highest BCUT2D eigenvalue weighted by molar-refractivity contribution is 7.99. The maximum atomic E-state index is 10.8. The zero-order chi connectivity index (χ0) is 12.7. The molecule has 1 rings (SSSR count). The van der Waals surface area contributed by atoms with Crippen LogP contribution in [0.5, 0.6) is 0 Å². The van der Waals surface area contributed by atoms with Gasteiger partial charge in [-0.25, -0.2) is 15.8 Å². The summed E-state index contributed by atoms with van der Waals surface area (Å²) in [7, 11) is 0. The second kappa shape index (κ2) is 6.92. The van der Waals surface area contributed by atoms with Gasteiger partial charge in [-0.3, -0.25) is 10.2 Å². The Balaban J connectivity index is 2.24. The highest BCUT2D eigenvalue weighted by Crippen LogP contribution is 2.17. The number of hydrogen-bond acceptors (Lipinski definition) is 7. The molecule has 1 aromatic rings. The van der Waals surface area contributed by atoms with Gasteiger partial charge >= 0.3 is 0 Å². The molecule has 0 saturated heterocycles. The summed E-state index contributed by atoms with van der Waals surface area (Å²) in [6.45, 7) is 0. The molecule has 0 unspecified atom stereocenters. The van der Waals surface area contributed by atoms with Crippen LogP contribution in [0.1, 0.15) is 19.3 Å². The first-order chi connectivity index (χ1) is 8.11. The van der Waals surface area contributed by atoms with Gasteiger partial charge in [-0.05, 0) is 12.8 Å². The number of hydrogen-bond donors (Lipinski definition) is 4. The molecule has 0 radical (unpaired) electrons. The molecule has 7 N–H and O–H groups in total. The summed E-state index contributed by atoms with van der Waals surface area (Å²) in [6, 6.07) is 1.51. The van der Waals surface area contributed by atoms with Gasteiger partial charge in [0.25, 0.3) is 0 Å². The second-order valence-corrected chi connectivity index (χ2v) is 4.44. The fraction of sp³-hybridized carbons (Fsp3) is 0.444. The molecule has 0 fully saturated rings. The Morgan fingerprint density at radius 1 is 1.29 bits per heavy atom. The molecule has 0 aromatic carbocycles. The molecule has 0 aliphatic carbocycles. The molecule has 1 heterocycles. The first kappa shape index (κ1) is 13.5. The van der Waals surface area contributed by atoms with Crippen molar-refractivity contribution in [2.75, 3.05) is 17.2 Å². The van der Waals surface area contributed by atoms with Crippen molar-refractivity contribution in [2.24, 2.45) is 5.84 Å². The number of rotatable bonds is 6. The fourth-order valence-corrected chi connectivity index (χ4v) is 2.02. The summed E-state index contributed by atoms with van der Waals surface area (Å²) < 4.78 is 0. The van der Waals surface area contributed by atoms with Crippen LogP contribution < -0.4 is 22.7 Å². The lowest BCUT2D eigenvalue weighted by molar-refractivity contribution is -0.121. The van der Waals surface area contributed by atoms with Crippen molar-refractivity contribution >= 4 is 29.3 Å². The minimum absolute atomic E-state index is 0.153. The van der Waals surface area contributed by atoms with Gasteiger partial charge in [0.15, 0.2) is 5.16 Å². The molecule has 8 heteroatoms. The Hall–Kier alpha value is -1.54. The van der Waals surface area contributed by atoms with E-state index in [0.717, 1.165) is 18.6 Å². The summed E-state index contributed by atoms with van der Waals surface area (Å²) in [5.74, 6) is 6.34. The quantitative estimate of drug-likeness (QED) is 0.139. The van der Waals surface area contributed by atoms with E-state index in [9.17, 15) is 4.79 Å². The van der Waals surface area contributed by atoms with E-state index in [1.54, 1.807) is 0 Å². The largest absolute Gasteiger partial charge is 0.383 e. The van der Waals surface area contributed by atoms with Gasteiger partial charge in [0.1, 0.15) is 11.6 Å². The number of anilines is 2. The highest BCUT2D eigenvalue weighted by atomic mass is 32.2. The molecule has 94 valence electrons. The molecule has 1 aromatic heterocycles. The van der Waals surface area contributed by atoms with Gasteiger partial charge in [0, 0.05) is 18.2 Å². The standard InChI is InChI=1S/C9H16N6OS/c10-6-5-7(11)14-9(13-6)17-4-2-1-3-8(16)15-12/h5H,1-4,12H2,(H,15,16)(H4,10,11,13,14). The Labute approximate surface area is 104 Å². The lowest BCUT2D eigenvalue weighted by atomic mass is 10.2. The highest BCUT2D eigenvalue weighted by Gasteiger charge is 2.02. The summed E-state index contributed by atoms with van der Waals surface area (Å²) in [5.41, 5.74) is 13.2. The molecular formula is C9H16N6OS. The summed E-state index contributed by atoms with van der Waals surface area (Å²) >= 11 is 1.46. The normalized spacial score (nSPS) is 10.2. The average Bonchev–Trinajstić information content (AvgIpc) is 2.27. The van der Waals surface area contributed by atoms with Crippen LogP contribution in [0.25, 0.3) is 0 Å². The number of aromatic nitrogens is 2. The molecular weight excluding hydrogens is 240 g/mol. The first-order valence-electron chi connectivity index (χ1n) is 5.14. The Morgan fingerprint density at radius 3 is 2.53 bits per heavy atom. The fourth-order valence-electron chi connectivity index (χ4n) is 1.15. The number of hydrazine groups is 1. The molecule has 0 bridgehead atoms. The van der Waals surface area contributed by atoms with Crippen molar-refractivity contribution in [2.45, 2.75) is 24.4 Å². The SMILES string of the molecule is NNC(=O)CCCCSc1nc(N)cc(N)n1. The third-order valence-electron chi connectivity index (χ3n) is 1.94. The molecule has 0 atom stereocenters. The predicted octanol–water partition coefficient (Wildman–Crippen LogP) is -0.107. The Morgan fingerprint density at radius 2 is 1.94 bits per heavy atom. The van der Waals surface area contributed by atoms with E-state index in [1.165, 1.54) is 17.8 Å². The molecule has 1 amide bonds. The third-order valence-corrected chi connectivity index (χ3v) is 2.87. The molecule has 0 aliphatic heterocycles. The van der Waals surface area contributed by atoms with Gasteiger partial charge in [0.05, 0.1) is 0 Å². The van der Waals surface area contributed by atoms with Crippen LogP contribution in [0.4, 0.5) is 11.6 Å². The maximum absolute atomic E-state index is 10.8. The third kappa shape index (κ3) is 5.36. The van der Waals surface area contributed by atoms with Gasteiger partial charge in [-0.2, -0.15) is 0 Å². The van der Waals surface area contributed by atoms with Gasteiger partial charge < -0.3 is 11.5 Å². The Kier molecular flexibility index (Phi) is 5.50. The molecule has 17 heavy (non-hydrogen) atoms. The van der Waals surface area contributed by atoms with Crippen LogP contribution in [-0.4, -0.2) is 21.6 Å². The van der Waals surface area contributed by atoms with E-state index >= 15 is 0 Å². The number of nitrogen functional groups attached to an aromatic ring is 2. The maximum Gasteiger partial charge on any atom is 0.233 e. The number of amides is 1. The number of nitrogens with two attached hydrogens (primary N) is 3. The van der Waals surface area contributed by atoms with Crippen molar-refractivity contribution < 1.29 is 4.79 Å². The van der Waals surface area contributed by atoms with Gasteiger partial charge in [0.2, 0.25) is 5.91 Å². The zero-order valence-corrected chi connectivity index (χ0v) is 10.2. The van der Waals surface area contributed by atoms with Crippen molar-refractivity contribution in [3.05, 3.63) is 6.07 Å². The lowest BCUT2D eigenvalue weighted by Gasteiger charge is -2.02. The predicted molar refractivity (Wildman–Crippen MR) is 67.8 cm³/mol. The van der Waals surface area contributed by atoms with E-state index in [1.807, 2.05) is 0 Å². The number of unbranched alkanes of at least 4 members (excludes halogenated alkanes) is 1. The van der Waals surface area contributed by atoms with Crippen molar-refractivity contribution in [1.82, 2.24) is 15.4 Å². The smallest absolute Gasteiger partial charge is 0.233 e. The van der Waals surface area contributed by atoms with Crippen molar-refractivity contribution in [3.63, 3.8) is 0 Å². The second-order valence-electron chi connectivity index (χ2n) is 3.37. The van der Waals surface area contributed by atoms with Crippen LogP contribution in [0.15, 0.2) is 11.2 Å². The number of thioether (sulfide) groups is 1. The number of carbonyl (C=O) groups is 1. The topological polar surface area (TPSA) is 133 Å². The number of nitrogens with zero attached hydrogens (tertiary/aromatic N) is 2. The zero-order valence-electron chi connectivity index (χ0n) is 9.35. The summed E-state index contributed by atoms with van der Waals surface area (Å²) in [6.07, 6.45) is 2.07. The monoisotopic (exact) mass is 256 g/mol. The lowest BCUT2D eigenvalue weighted by Crippen LogP contribution is -2.29. The molecule has 0 aliphatic rings. The van der Waals surface area contributed by atoms with Crippen molar-refractivity contribution in [3.8, 4) is 0 Å². The van der Waals surface area contributed by atoms with Gasteiger partial charge in [-0.1, -0.05) is 11.8 Å². The van der Waals surface area contributed by atoms with Crippen LogP contribution in [-0.2, 0) is 4.79 Å². The molecule has 0 spiro atoms. The van der Waals surface area contributed by atoms with E-state index in [-0.39, 0.29) is 5.91 Å². The number of nitrogens with one attached hydrogen (secondary N) is 1. The van der Waals surface area contributed by atoms with Crippen molar-refractivity contribution in [1.29, 1.82) is 0 Å². The Bertz CT molecular complexity index is 365. The van der Waals surface area contributed by atoms with E-state index in [4.69, 9.17) is 17.3 Å². The van der Waals surface area contributed by atoms with E-state index in [2.05, 4.69) is 15.4 Å². The van der Waals surface area contributed by atoms with E-state index in [0.29, 0.717) is 23.2 Å². The minimum Gasteiger partial charge on any atom is -0.383 e. The van der Waals surface area contributed by atoms with E-state index < -0.39 is 0 Å². The first-order valence-corrected chi connectivity index (χ1v) is 6.12. The van der Waals surface area contributed by atoms with Gasteiger partial charge in [-0.15, -0.1) is 0 Å². The average molecular weight is 256 g/mol. The summed E-state index contributed by atoms with van der Waals surface area (Å²) in [5, 5.41) is 0.561.